The molecule has 21 heavy (non-hydrogen) atoms. The Balaban J connectivity index is 2.68. The Morgan fingerprint density at radius 1 is 1.00 bits per heavy atom. The average molecular weight is 542 g/mol. The number of aryl methyl sites for hydroxylation is 1. The molecule has 0 aliphatic rings. The van der Waals surface area contributed by atoms with E-state index >= 15 is 0 Å². The van der Waals surface area contributed by atoms with Gasteiger partial charge in [0.1, 0.15) is 5.75 Å². The van der Waals surface area contributed by atoms with E-state index in [-0.39, 0.29) is 4.83 Å². The first kappa shape index (κ1) is 17.5. The number of hydrogen-bond donors (Lipinski definition) is 0. The molecule has 1 unspecified atom stereocenters. The molecule has 0 saturated heterocycles. The molecule has 0 aromatic heterocycles. The van der Waals surface area contributed by atoms with Crippen LogP contribution in [0.4, 0.5) is 0 Å². The second kappa shape index (κ2) is 7.16. The highest BCUT2D eigenvalue weighted by molar-refractivity contribution is 9.11. The van der Waals surface area contributed by atoms with Gasteiger partial charge in [-0.25, -0.2) is 0 Å². The first-order chi connectivity index (χ1) is 9.86. The van der Waals surface area contributed by atoms with Crippen LogP contribution in [0.5, 0.6) is 5.75 Å². The van der Waals surface area contributed by atoms with Crippen molar-refractivity contribution in [3.63, 3.8) is 0 Å². The third-order valence-corrected chi connectivity index (χ3v) is 6.39. The van der Waals surface area contributed by atoms with Gasteiger partial charge in [-0.2, -0.15) is 0 Å². The zero-order valence-corrected chi connectivity index (χ0v) is 18.2. The number of halogens is 4. The van der Waals surface area contributed by atoms with Crippen LogP contribution in [0, 0.1) is 13.8 Å². The van der Waals surface area contributed by atoms with Crippen LogP contribution in [0.1, 0.15) is 27.1 Å². The molecule has 1 nitrogen and oxygen atoms in total. The van der Waals surface area contributed by atoms with Crippen molar-refractivity contribution in [3.05, 3.63) is 59.9 Å². The van der Waals surface area contributed by atoms with Gasteiger partial charge in [0.05, 0.1) is 11.9 Å². The first-order valence-electron chi connectivity index (χ1n) is 6.29. The van der Waals surface area contributed by atoms with Gasteiger partial charge in [-0.3, -0.25) is 0 Å². The molecule has 0 amide bonds. The molecule has 112 valence electrons. The van der Waals surface area contributed by atoms with Crippen LogP contribution in [0.3, 0.4) is 0 Å². The lowest BCUT2D eigenvalue weighted by Crippen LogP contribution is -2.03. The summed E-state index contributed by atoms with van der Waals surface area (Å²) in [5, 5.41) is 0. The molecule has 0 aliphatic carbocycles. The Morgan fingerprint density at radius 3 is 2.29 bits per heavy atom. The fourth-order valence-corrected chi connectivity index (χ4v) is 4.96. The minimum absolute atomic E-state index is 0.0375. The fraction of sp³-hybridized carbons (Fsp3) is 0.250. The van der Waals surface area contributed by atoms with E-state index in [9.17, 15) is 0 Å². The van der Waals surface area contributed by atoms with Gasteiger partial charge in [0.25, 0.3) is 0 Å². The minimum atomic E-state index is 0.0375. The maximum atomic E-state index is 5.65. The van der Waals surface area contributed by atoms with Crippen molar-refractivity contribution in [3.8, 4) is 5.75 Å². The topological polar surface area (TPSA) is 9.23 Å². The highest BCUT2D eigenvalue weighted by Crippen LogP contribution is 2.45. The summed E-state index contributed by atoms with van der Waals surface area (Å²) in [5.74, 6) is 0.921. The van der Waals surface area contributed by atoms with Crippen molar-refractivity contribution in [1.82, 2.24) is 0 Å². The largest absolute Gasteiger partial charge is 0.496 e. The molecule has 0 heterocycles. The van der Waals surface area contributed by atoms with Gasteiger partial charge in [-0.1, -0.05) is 63.7 Å². The summed E-state index contributed by atoms with van der Waals surface area (Å²) in [5.41, 5.74) is 4.58. The van der Waals surface area contributed by atoms with Crippen molar-refractivity contribution < 1.29 is 4.74 Å². The van der Waals surface area contributed by atoms with Crippen LogP contribution in [0.2, 0.25) is 0 Å². The number of alkyl halides is 1. The van der Waals surface area contributed by atoms with Crippen LogP contribution in [-0.2, 0) is 0 Å². The highest BCUT2D eigenvalue weighted by atomic mass is 79.9. The molecule has 0 saturated carbocycles. The summed E-state index contributed by atoms with van der Waals surface area (Å²) in [6.07, 6.45) is 0. The molecular weight excluding hydrogens is 528 g/mol. The molecule has 0 aliphatic heterocycles. The molecule has 2 aromatic rings. The van der Waals surface area contributed by atoms with Gasteiger partial charge in [0.2, 0.25) is 0 Å². The maximum Gasteiger partial charge on any atom is 0.126 e. The summed E-state index contributed by atoms with van der Waals surface area (Å²) in [6, 6.07) is 8.26. The minimum Gasteiger partial charge on any atom is -0.496 e. The smallest absolute Gasteiger partial charge is 0.126 e. The summed E-state index contributed by atoms with van der Waals surface area (Å²) < 4.78 is 8.85. The van der Waals surface area contributed by atoms with Crippen molar-refractivity contribution in [1.29, 1.82) is 0 Å². The third kappa shape index (κ3) is 3.57. The van der Waals surface area contributed by atoms with E-state index in [1.54, 1.807) is 7.11 Å². The second-order valence-corrected chi connectivity index (χ2v) is 8.32. The van der Waals surface area contributed by atoms with Crippen LogP contribution in [0.25, 0.3) is 0 Å². The molecular formula is C16H14Br4O. The maximum absolute atomic E-state index is 5.65. The van der Waals surface area contributed by atoms with Crippen molar-refractivity contribution in [2.75, 3.05) is 7.11 Å². The number of ether oxygens (including phenoxy) is 1. The number of rotatable bonds is 3. The first-order valence-corrected chi connectivity index (χ1v) is 9.58. The number of benzene rings is 2. The van der Waals surface area contributed by atoms with Crippen LogP contribution in [-0.4, -0.2) is 7.11 Å². The fourth-order valence-electron chi connectivity index (χ4n) is 2.32. The monoisotopic (exact) mass is 538 g/mol. The van der Waals surface area contributed by atoms with E-state index in [1.807, 2.05) is 12.1 Å². The summed E-state index contributed by atoms with van der Waals surface area (Å²) in [7, 11) is 1.72. The zero-order valence-electron chi connectivity index (χ0n) is 11.8. The third-order valence-electron chi connectivity index (χ3n) is 3.40. The summed E-state index contributed by atoms with van der Waals surface area (Å²) in [4.78, 5) is 0.0375. The lowest BCUT2D eigenvalue weighted by Gasteiger charge is -2.21. The molecule has 2 aromatic carbocycles. The van der Waals surface area contributed by atoms with Gasteiger partial charge in [0, 0.05) is 19.0 Å². The van der Waals surface area contributed by atoms with Gasteiger partial charge >= 0.3 is 0 Å². The Bertz CT molecular complexity index is 682. The molecule has 5 heteroatoms. The van der Waals surface area contributed by atoms with Gasteiger partial charge < -0.3 is 4.74 Å². The lowest BCUT2D eigenvalue weighted by molar-refractivity contribution is 0.406. The molecule has 2 rings (SSSR count). The lowest BCUT2D eigenvalue weighted by atomic mass is 9.97. The Kier molecular flexibility index (Phi) is 5.97. The standard InChI is InChI=1S/C16H14Br4O/c1-8-6-13(19)9(2)14(16(8)21-3)15(20)11-7-10(17)4-5-12(11)18/h4-7,15H,1-3H3. The molecule has 0 fully saturated rings. The highest BCUT2D eigenvalue weighted by Gasteiger charge is 2.23. The normalized spacial score (nSPS) is 12.3. The van der Waals surface area contributed by atoms with Crippen LogP contribution < -0.4 is 4.74 Å². The van der Waals surface area contributed by atoms with E-state index in [0.29, 0.717) is 0 Å². The van der Waals surface area contributed by atoms with Gasteiger partial charge in [-0.05, 0) is 54.8 Å². The summed E-state index contributed by atoms with van der Waals surface area (Å²) in [6.45, 7) is 4.16. The molecule has 0 spiro atoms. The number of hydrogen-bond acceptors (Lipinski definition) is 1. The van der Waals surface area contributed by atoms with Crippen molar-refractivity contribution in [2.24, 2.45) is 0 Å². The van der Waals surface area contributed by atoms with E-state index in [4.69, 9.17) is 4.74 Å². The SMILES string of the molecule is COc1c(C)cc(Br)c(C)c1C(Br)c1cc(Br)ccc1Br. The average Bonchev–Trinajstić information content (AvgIpc) is 2.44. The van der Waals surface area contributed by atoms with Gasteiger partial charge in [-0.15, -0.1) is 0 Å². The predicted octanol–water partition coefficient (Wildman–Crippen LogP) is 7.08. The molecule has 0 radical (unpaired) electrons. The Hall–Kier alpha value is 0.160. The van der Waals surface area contributed by atoms with Crippen LogP contribution in [0.15, 0.2) is 37.7 Å². The van der Waals surface area contributed by atoms with Crippen molar-refractivity contribution in [2.45, 2.75) is 18.7 Å². The van der Waals surface area contributed by atoms with Crippen LogP contribution >= 0.6 is 63.7 Å². The second-order valence-electron chi connectivity index (χ2n) is 4.78. The van der Waals surface area contributed by atoms with E-state index in [2.05, 4.69) is 89.7 Å². The zero-order chi connectivity index (χ0) is 15.7. The Labute approximate surface area is 159 Å². The van der Waals surface area contributed by atoms with E-state index in [1.165, 1.54) is 5.56 Å². The van der Waals surface area contributed by atoms with E-state index < -0.39 is 0 Å². The van der Waals surface area contributed by atoms with Crippen molar-refractivity contribution >= 4 is 63.7 Å². The van der Waals surface area contributed by atoms with E-state index in [0.717, 1.165) is 35.9 Å². The molecule has 0 bridgehead atoms. The Morgan fingerprint density at radius 2 is 1.67 bits per heavy atom. The molecule has 0 N–H and O–H groups in total. The predicted molar refractivity (Wildman–Crippen MR) is 103 cm³/mol. The quantitative estimate of drug-likeness (QED) is 0.377. The summed E-state index contributed by atoms with van der Waals surface area (Å²) >= 11 is 14.6. The van der Waals surface area contributed by atoms with Gasteiger partial charge in [0.15, 0.2) is 0 Å². The number of methoxy groups -OCH3 is 1. The molecule has 1 atom stereocenters.